The highest BCUT2D eigenvalue weighted by molar-refractivity contribution is 7.89. The number of nitrogen functional groups attached to an aromatic ring is 1. The lowest BCUT2D eigenvalue weighted by Crippen LogP contribution is -2.59. The van der Waals surface area contributed by atoms with Crippen LogP contribution in [-0.2, 0) is 21.4 Å². The summed E-state index contributed by atoms with van der Waals surface area (Å²) < 4.78 is 28.2. The maximum absolute atomic E-state index is 13.5. The first-order chi connectivity index (χ1) is 16.6. The molecule has 182 valence electrons. The lowest BCUT2D eigenvalue weighted by Gasteiger charge is -2.42. The molecule has 0 radical (unpaired) electrons. The lowest BCUT2D eigenvalue weighted by molar-refractivity contribution is -0.139. The molecule has 0 spiro atoms. The standard InChI is InChI=1S/C24H25ClN6O3S/c1-14(2)21-11-30(35(33,34)22-9-16-8-17(25)4-6-19(16)29-22)12-23(32)31(21)10-15-3-5-18-20(7-15)27-13-28-24(18)26/h3-9,13-14,21,29H,10-12H2,1-2H3,(H2,26,27,28)/t21-/m1/s1. The van der Waals surface area contributed by atoms with E-state index in [-0.39, 0.29) is 36.0 Å². The third kappa shape index (κ3) is 4.33. The van der Waals surface area contributed by atoms with Crippen LogP contribution in [0.4, 0.5) is 5.82 Å². The number of carbonyl (C=O) groups is 1. The summed E-state index contributed by atoms with van der Waals surface area (Å²) in [6, 6.07) is 12.0. The number of carbonyl (C=O) groups excluding carboxylic acids is 1. The molecule has 5 rings (SSSR count). The number of aromatic nitrogens is 3. The van der Waals surface area contributed by atoms with Crippen molar-refractivity contribution in [2.45, 2.75) is 31.5 Å². The predicted molar refractivity (Wildman–Crippen MR) is 135 cm³/mol. The number of nitrogens with one attached hydrogen (secondary N) is 1. The molecular formula is C24H25ClN6O3S. The van der Waals surface area contributed by atoms with Gasteiger partial charge in [-0.05, 0) is 47.9 Å². The minimum absolute atomic E-state index is 0.0388. The highest BCUT2D eigenvalue weighted by atomic mass is 35.5. The van der Waals surface area contributed by atoms with Crippen LogP contribution in [0.15, 0.2) is 53.8 Å². The zero-order valence-electron chi connectivity index (χ0n) is 19.3. The summed E-state index contributed by atoms with van der Waals surface area (Å²) in [6.07, 6.45) is 1.41. The van der Waals surface area contributed by atoms with E-state index in [0.717, 1.165) is 10.9 Å². The maximum atomic E-state index is 13.5. The van der Waals surface area contributed by atoms with Gasteiger partial charge in [-0.2, -0.15) is 4.31 Å². The Morgan fingerprint density at radius 3 is 2.74 bits per heavy atom. The third-order valence-electron chi connectivity index (χ3n) is 6.45. The number of sulfonamides is 1. The van der Waals surface area contributed by atoms with Crippen molar-refractivity contribution in [2.24, 2.45) is 5.92 Å². The maximum Gasteiger partial charge on any atom is 0.259 e. The third-order valence-corrected chi connectivity index (χ3v) is 8.42. The van der Waals surface area contributed by atoms with Gasteiger partial charge in [0.2, 0.25) is 5.91 Å². The summed E-state index contributed by atoms with van der Waals surface area (Å²) in [6.45, 7) is 4.29. The van der Waals surface area contributed by atoms with Gasteiger partial charge in [0.05, 0.1) is 12.1 Å². The number of fused-ring (bicyclic) bond motifs is 2. The van der Waals surface area contributed by atoms with E-state index >= 15 is 0 Å². The quantitative estimate of drug-likeness (QED) is 0.422. The first kappa shape index (κ1) is 23.5. The van der Waals surface area contributed by atoms with E-state index in [0.29, 0.717) is 33.8 Å². The Morgan fingerprint density at radius 1 is 1.17 bits per heavy atom. The number of H-pyrrole nitrogens is 1. The Labute approximate surface area is 207 Å². The monoisotopic (exact) mass is 512 g/mol. The van der Waals surface area contributed by atoms with Gasteiger partial charge in [0.15, 0.2) is 0 Å². The molecule has 11 heteroatoms. The molecule has 3 heterocycles. The van der Waals surface area contributed by atoms with Gasteiger partial charge >= 0.3 is 0 Å². The summed E-state index contributed by atoms with van der Waals surface area (Å²) in [5.74, 6) is 0.188. The summed E-state index contributed by atoms with van der Waals surface area (Å²) in [5, 5.41) is 2.01. The molecule has 2 aromatic carbocycles. The Bertz CT molecular complexity index is 1550. The molecule has 3 N–H and O–H groups in total. The summed E-state index contributed by atoms with van der Waals surface area (Å²) in [7, 11) is -3.91. The Morgan fingerprint density at radius 2 is 1.97 bits per heavy atom. The number of hydrogen-bond donors (Lipinski definition) is 2. The van der Waals surface area contributed by atoms with Gasteiger partial charge in [0.25, 0.3) is 10.0 Å². The minimum Gasteiger partial charge on any atom is -0.383 e. The molecular weight excluding hydrogens is 488 g/mol. The highest BCUT2D eigenvalue weighted by Gasteiger charge is 2.40. The number of aromatic amines is 1. The SMILES string of the molecule is CC(C)[C@H]1CN(S(=O)(=O)c2cc3cc(Cl)ccc3[nH]2)CC(=O)N1Cc1ccc2c(N)ncnc2c1. The van der Waals surface area contributed by atoms with Gasteiger partial charge in [0.1, 0.15) is 17.2 Å². The van der Waals surface area contributed by atoms with Gasteiger partial charge in [-0.1, -0.05) is 31.5 Å². The molecule has 1 amide bonds. The van der Waals surface area contributed by atoms with Crippen LogP contribution in [0.5, 0.6) is 0 Å². The van der Waals surface area contributed by atoms with Crippen molar-refractivity contribution in [3.8, 4) is 0 Å². The van der Waals surface area contributed by atoms with Crippen LogP contribution in [0.1, 0.15) is 19.4 Å². The fourth-order valence-electron chi connectivity index (χ4n) is 4.53. The summed E-state index contributed by atoms with van der Waals surface area (Å²) >= 11 is 6.05. The lowest BCUT2D eigenvalue weighted by atomic mass is 9.99. The first-order valence-corrected chi connectivity index (χ1v) is 13.0. The Balaban J connectivity index is 1.42. The average molecular weight is 513 g/mol. The molecule has 4 aromatic rings. The molecule has 9 nitrogen and oxygen atoms in total. The van der Waals surface area contributed by atoms with Crippen LogP contribution >= 0.6 is 11.6 Å². The molecule has 0 bridgehead atoms. The molecule has 0 aliphatic carbocycles. The number of halogens is 1. The molecule has 1 fully saturated rings. The van der Waals surface area contributed by atoms with Crippen LogP contribution < -0.4 is 5.73 Å². The second-order valence-electron chi connectivity index (χ2n) is 9.11. The van der Waals surface area contributed by atoms with E-state index in [1.807, 2.05) is 32.0 Å². The normalized spacial score (nSPS) is 17.7. The van der Waals surface area contributed by atoms with E-state index in [1.54, 1.807) is 29.2 Å². The number of piperazine rings is 1. The average Bonchev–Trinajstić information content (AvgIpc) is 3.24. The smallest absolute Gasteiger partial charge is 0.259 e. The van der Waals surface area contributed by atoms with Crippen molar-refractivity contribution in [3.63, 3.8) is 0 Å². The predicted octanol–water partition coefficient (Wildman–Crippen LogP) is 3.40. The number of nitrogens with zero attached hydrogens (tertiary/aromatic N) is 4. The number of rotatable bonds is 5. The molecule has 2 aromatic heterocycles. The molecule has 0 unspecified atom stereocenters. The number of hydrogen-bond acceptors (Lipinski definition) is 6. The fraction of sp³-hybridized carbons (Fsp3) is 0.292. The van der Waals surface area contributed by atoms with E-state index in [2.05, 4.69) is 15.0 Å². The van der Waals surface area contributed by atoms with Crippen molar-refractivity contribution in [1.29, 1.82) is 0 Å². The van der Waals surface area contributed by atoms with Crippen LogP contribution in [0.25, 0.3) is 21.8 Å². The molecule has 1 atom stereocenters. The van der Waals surface area contributed by atoms with Crippen LogP contribution in [0.3, 0.4) is 0 Å². The highest BCUT2D eigenvalue weighted by Crippen LogP contribution is 2.29. The van der Waals surface area contributed by atoms with E-state index in [4.69, 9.17) is 17.3 Å². The van der Waals surface area contributed by atoms with E-state index < -0.39 is 10.0 Å². The van der Waals surface area contributed by atoms with Gasteiger partial charge in [-0.3, -0.25) is 4.79 Å². The summed E-state index contributed by atoms with van der Waals surface area (Å²) in [4.78, 5) is 26.3. The first-order valence-electron chi connectivity index (χ1n) is 11.2. The molecule has 1 saturated heterocycles. The minimum atomic E-state index is -3.91. The fourth-order valence-corrected chi connectivity index (χ4v) is 6.13. The Hall–Kier alpha value is -3.21. The molecule has 1 aliphatic rings. The second kappa shape index (κ2) is 8.78. The van der Waals surface area contributed by atoms with Crippen molar-refractivity contribution in [2.75, 3.05) is 18.8 Å². The number of anilines is 1. The van der Waals surface area contributed by atoms with Gasteiger partial charge in [-0.25, -0.2) is 18.4 Å². The van der Waals surface area contributed by atoms with Crippen molar-refractivity contribution in [1.82, 2.24) is 24.2 Å². The van der Waals surface area contributed by atoms with Crippen molar-refractivity contribution < 1.29 is 13.2 Å². The topological polar surface area (TPSA) is 125 Å². The van der Waals surface area contributed by atoms with E-state index in [9.17, 15) is 13.2 Å². The second-order valence-corrected chi connectivity index (χ2v) is 11.4. The molecule has 0 saturated carbocycles. The van der Waals surface area contributed by atoms with Crippen molar-refractivity contribution >= 4 is 55.2 Å². The van der Waals surface area contributed by atoms with Crippen LogP contribution in [0.2, 0.25) is 5.02 Å². The van der Waals surface area contributed by atoms with Crippen molar-refractivity contribution in [3.05, 3.63) is 59.4 Å². The van der Waals surface area contributed by atoms with E-state index in [1.165, 1.54) is 10.6 Å². The number of nitrogens with two attached hydrogens (primary N) is 1. The number of benzene rings is 2. The zero-order valence-corrected chi connectivity index (χ0v) is 20.8. The molecule has 35 heavy (non-hydrogen) atoms. The van der Waals surface area contributed by atoms with Gasteiger partial charge in [0, 0.05) is 40.4 Å². The largest absolute Gasteiger partial charge is 0.383 e. The summed E-state index contributed by atoms with van der Waals surface area (Å²) in [5.41, 5.74) is 8.17. The Kier molecular flexibility index (Phi) is 5.90. The van der Waals surface area contributed by atoms with Crippen LogP contribution in [0, 0.1) is 5.92 Å². The number of amides is 1. The van der Waals surface area contributed by atoms with Crippen LogP contribution in [-0.4, -0.2) is 57.6 Å². The zero-order chi connectivity index (χ0) is 24.9. The van der Waals surface area contributed by atoms with Gasteiger partial charge < -0.3 is 15.6 Å². The molecule has 1 aliphatic heterocycles. The van der Waals surface area contributed by atoms with Gasteiger partial charge in [-0.15, -0.1) is 0 Å².